The number of carbonyl (C=O) groups excluding carboxylic acids is 1. The second-order valence-electron chi connectivity index (χ2n) is 5.06. The summed E-state index contributed by atoms with van der Waals surface area (Å²) < 4.78 is 0. The Bertz CT molecular complexity index is 551. The second kappa shape index (κ2) is 6.71. The van der Waals surface area contributed by atoms with Crippen LogP contribution in [0, 0.1) is 0 Å². The zero-order valence-corrected chi connectivity index (χ0v) is 13.4. The van der Waals surface area contributed by atoms with Gasteiger partial charge in [0.15, 0.2) is 0 Å². The smallest absolute Gasteiger partial charge is 0.329 e. The fourth-order valence-electron chi connectivity index (χ4n) is 2.76. The van der Waals surface area contributed by atoms with Crippen LogP contribution >= 0.6 is 23.4 Å². The number of nitrogens with zero attached hydrogens (tertiary/aromatic N) is 1. The van der Waals surface area contributed by atoms with E-state index in [-0.39, 0.29) is 11.7 Å². The van der Waals surface area contributed by atoms with Crippen molar-refractivity contribution in [1.29, 1.82) is 0 Å². The number of amides is 1. The normalized spacial score (nSPS) is 21.5. The fourth-order valence-corrected chi connectivity index (χ4v) is 3.88. The molecule has 4 nitrogen and oxygen atoms in total. The molecule has 0 bridgehead atoms. The highest BCUT2D eigenvalue weighted by atomic mass is 35.5. The number of hydrogen-bond acceptors (Lipinski definition) is 3. The first-order valence-electron chi connectivity index (χ1n) is 6.92. The van der Waals surface area contributed by atoms with Gasteiger partial charge in [-0.15, -0.1) is 11.8 Å². The lowest BCUT2D eigenvalue weighted by Crippen LogP contribution is -2.53. The van der Waals surface area contributed by atoms with Crippen LogP contribution in [-0.4, -0.2) is 39.7 Å². The van der Waals surface area contributed by atoms with E-state index in [1.54, 1.807) is 6.07 Å². The SMILES string of the molecule is CCC1(C(=O)O)CCCN1C(=O)CSc1ccccc1Cl. The average molecular weight is 328 g/mol. The van der Waals surface area contributed by atoms with Crippen LogP contribution < -0.4 is 0 Å². The highest BCUT2D eigenvalue weighted by molar-refractivity contribution is 8.00. The van der Waals surface area contributed by atoms with Gasteiger partial charge in [0.25, 0.3) is 0 Å². The molecule has 1 fully saturated rings. The fraction of sp³-hybridized carbons (Fsp3) is 0.467. The number of carboxylic acids is 1. The maximum Gasteiger partial charge on any atom is 0.329 e. The van der Waals surface area contributed by atoms with Gasteiger partial charge in [-0.2, -0.15) is 0 Å². The van der Waals surface area contributed by atoms with E-state index in [2.05, 4.69) is 0 Å². The number of benzene rings is 1. The molecule has 1 saturated heterocycles. The number of aliphatic carboxylic acids is 1. The van der Waals surface area contributed by atoms with Gasteiger partial charge in [0.05, 0.1) is 10.8 Å². The maximum atomic E-state index is 12.4. The lowest BCUT2D eigenvalue weighted by atomic mass is 9.93. The average Bonchev–Trinajstić information content (AvgIpc) is 2.91. The minimum Gasteiger partial charge on any atom is -0.479 e. The van der Waals surface area contributed by atoms with Crippen molar-refractivity contribution in [2.45, 2.75) is 36.6 Å². The molecule has 1 aliphatic rings. The number of thioether (sulfide) groups is 1. The third-order valence-corrected chi connectivity index (χ3v) is 5.46. The molecule has 0 radical (unpaired) electrons. The molecule has 0 aliphatic carbocycles. The van der Waals surface area contributed by atoms with Crippen LogP contribution in [0.2, 0.25) is 5.02 Å². The van der Waals surface area contributed by atoms with Crippen LogP contribution in [0.5, 0.6) is 0 Å². The molecule has 0 spiro atoms. The Morgan fingerprint density at radius 3 is 2.76 bits per heavy atom. The maximum absolute atomic E-state index is 12.4. The largest absolute Gasteiger partial charge is 0.479 e. The van der Waals surface area contributed by atoms with Gasteiger partial charge in [-0.1, -0.05) is 30.7 Å². The first kappa shape index (κ1) is 16.2. The molecule has 1 amide bonds. The van der Waals surface area contributed by atoms with Gasteiger partial charge >= 0.3 is 5.97 Å². The van der Waals surface area contributed by atoms with E-state index in [0.29, 0.717) is 24.4 Å². The Balaban J connectivity index is 2.06. The lowest BCUT2D eigenvalue weighted by Gasteiger charge is -2.33. The van der Waals surface area contributed by atoms with Gasteiger partial charge in [-0.3, -0.25) is 4.79 Å². The Kier molecular flexibility index (Phi) is 5.17. The summed E-state index contributed by atoms with van der Waals surface area (Å²) in [6.07, 6.45) is 1.70. The Morgan fingerprint density at radius 1 is 1.43 bits per heavy atom. The zero-order chi connectivity index (χ0) is 15.5. The predicted octanol–water partition coefficient (Wildman–Crippen LogP) is 3.29. The van der Waals surface area contributed by atoms with Crippen molar-refractivity contribution in [2.24, 2.45) is 0 Å². The van der Waals surface area contributed by atoms with Crippen molar-refractivity contribution in [2.75, 3.05) is 12.3 Å². The molecule has 1 unspecified atom stereocenters. The summed E-state index contributed by atoms with van der Waals surface area (Å²) in [4.78, 5) is 26.3. The van der Waals surface area contributed by atoms with Crippen molar-refractivity contribution >= 4 is 35.2 Å². The van der Waals surface area contributed by atoms with Crippen LogP contribution in [0.1, 0.15) is 26.2 Å². The van der Waals surface area contributed by atoms with Crippen LogP contribution in [0.15, 0.2) is 29.2 Å². The van der Waals surface area contributed by atoms with E-state index in [1.165, 1.54) is 16.7 Å². The van der Waals surface area contributed by atoms with Gasteiger partial charge in [0, 0.05) is 11.4 Å². The Labute approximate surface area is 133 Å². The van der Waals surface area contributed by atoms with Gasteiger partial charge in [-0.25, -0.2) is 4.79 Å². The molecule has 1 N–H and O–H groups in total. The molecule has 1 aromatic carbocycles. The lowest BCUT2D eigenvalue weighted by molar-refractivity contribution is -0.155. The quantitative estimate of drug-likeness (QED) is 0.843. The van der Waals surface area contributed by atoms with Gasteiger partial charge in [-0.05, 0) is 31.4 Å². The van der Waals surface area contributed by atoms with Crippen molar-refractivity contribution in [3.63, 3.8) is 0 Å². The first-order chi connectivity index (χ1) is 10.0. The summed E-state index contributed by atoms with van der Waals surface area (Å²) >= 11 is 7.41. The molecule has 21 heavy (non-hydrogen) atoms. The molecule has 1 aliphatic heterocycles. The Morgan fingerprint density at radius 2 is 2.14 bits per heavy atom. The van der Waals surface area contributed by atoms with Crippen molar-refractivity contribution < 1.29 is 14.7 Å². The third-order valence-electron chi connectivity index (χ3n) is 3.96. The van der Waals surface area contributed by atoms with E-state index >= 15 is 0 Å². The predicted molar refractivity (Wildman–Crippen MR) is 83.8 cm³/mol. The minimum absolute atomic E-state index is 0.137. The number of likely N-dealkylation sites (tertiary alicyclic amines) is 1. The van der Waals surface area contributed by atoms with Crippen molar-refractivity contribution in [1.82, 2.24) is 4.90 Å². The van der Waals surface area contributed by atoms with E-state index in [4.69, 9.17) is 11.6 Å². The summed E-state index contributed by atoms with van der Waals surface area (Å²) in [7, 11) is 0. The molecule has 1 heterocycles. The van der Waals surface area contributed by atoms with Crippen molar-refractivity contribution in [3.8, 4) is 0 Å². The second-order valence-corrected chi connectivity index (χ2v) is 6.48. The number of hydrogen-bond donors (Lipinski definition) is 1. The number of carbonyl (C=O) groups is 2. The van der Waals surface area contributed by atoms with Crippen LogP contribution in [0.25, 0.3) is 0 Å². The van der Waals surface area contributed by atoms with Crippen LogP contribution in [0.3, 0.4) is 0 Å². The summed E-state index contributed by atoms with van der Waals surface area (Å²) in [5.41, 5.74) is -1.03. The highest BCUT2D eigenvalue weighted by Gasteiger charge is 2.48. The van der Waals surface area contributed by atoms with E-state index in [1.807, 2.05) is 25.1 Å². The van der Waals surface area contributed by atoms with E-state index in [9.17, 15) is 14.7 Å². The molecule has 2 rings (SSSR count). The van der Waals surface area contributed by atoms with Crippen LogP contribution in [-0.2, 0) is 9.59 Å². The van der Waals surface area contributed by atoms with E-state index < -0.39 is 11.5 Å². The molecular weight excluding hydrogens is 310 g/mol. The van der Waals surface area contributed by atoms with Gasteiger partial charge in [0.1, 0.15) is 5.54 Å². The molecule has 114 valence electrons. The standard InChI is InChI=1S/C15H18ClNO3S/c1-2-15(14(19)20)8-5-9-17(15)13(18)10-21-12-7-4-3-6-11(12)16/h3-4,6-7H,2,5,8-10H2,1H3,(H,19,20). The zero-order valence-electron chi connectivity index (χ0n) is 11.8. The summed E-state index contributed by atoms with van der Waals surface area (Å²) in [5.74, 6) is -0.834. The first-order valence-corrected chi connectivity index (χ1v) is 8.29. The Hall–Kier alpha value is -1.20. The molecule has 0 saturated carbocycles. The number of halogens is 1. The highest BCUT2D eigenvalue weighted by Crippen LogP contribution is 2.34. The van der Waals surface area contributed by atoms with Crippen LogP contribution in [0.4, 0.5) is 0 Å². The summed E-state index contributed by atoms with van der Waals surface area (Å²) in [5, 5.41) is 10.1. The summed E-state index contributed by atoms with van der Waals surface area (Å²) in [6, 6.07) is 7.33. The van der Waals surface area contributed by atoms with E-state index in [0.717, 1.165) is 11.3 Å². The topological polar surface area (TPSA) is 57.6 Å². The van der Waals surface area contributed by atoms with Gasteiger partial charge in [0.2, 0.25) is 5.91 Å². The van der Waals surface area contributed by atoms with Gasteiger partial charge < -0.3 is 10.0 Å². The molecule has 0 aromatic heterocycles. The monoisotopic (exact) mass is 327 g/mol. The molecule has 1 aromatic rings. The number of carboxylic acid groups (broad SMARTS) is 1. The molecule has 6 heteroatoms. The molecule has 1 atom stereocenters. The number of rotatable bonds is 5. The third kappa shape index (κ3) is 3.19. The van der Waals surface area contributed by atoms with Crippen molar-refractivity contribution in [3.05, 3.63) is 29.3 Å². The summed E-state index contributed by atoms with van der Waals surface area (Å²) in [6.45, 7) is 2.34. The molecular formula is C15H18ClNO3S. The minimum atomic E-state index is -1.03.